The molecule has 0 fully saturated rings. The van der Waals surface area contributed by atoms with Gasteiger partial charge in [0.15, 0.2) is 0 Å². The van der Waals surface area contributed by atoms with Crippen LogP contribution in [0.25, 0.3) is 0 Å². The van der Waals surface area contributed by atoms with Crippen LogP contribution >= 0.6 is 0 Å². The molecule has 2 aromatic rings. The summed E-state index contributed by atoms with van der Waals surface area (Å²) in [5.74, 6) is 0.743. The van der Waals surface area contributed by atoms with Crippen LogP contribution in [0.4, 0.5) is 5.69 Å². The van der Waals surface area contributed by atoms with E-state index in [0.29, 0.717) is 17.2 Å². The highest BCUT2D eigenvalue weighted by atomic mass is 32.2. The second-order valence-electron chi connectivity index (χ2n) is 4.13. The fourth-order valence-electron chi connectivity index (χ4n) is 1.63. The number of sulfonamides is 1. The summed E-state index contributed by atoms with van der Waals surface area (Å²) in [6.07, 6.45) is 1.46. The SMILES string of the molecule is Cc1ccc(NS(=O)(=O)c2cc(CN)oc2C)cn1. The van der Waals surface area contributed by atoms with Crippen LogP contribution < -0.4 is 10.5 Å². The van der Waals surface area contributed by atoms with Gasteiger partial charge in [0.25, 0.3) is 10.0 Å². The lowest BCUT2D eigenvalue weighted by molar-refractivity contribution is 0.479. The van der Waals surface area contributed by atoms with Gasteiger partial charge in [-0.15, -0.1) is 0 Å². The van der Waals surface area contributed by atoms with E-state index in [-0.39, 0.29) is 11.4 Å². The molecule has 0 saturated carbocycles. The normalized spacial score (nSPS) is 11.5. The summed E-state index contributed by atoms with van der Waals surface area (Å²) in [7, 11) is -3.69. The lowest BCUT2D eigenvalue weighted by Crippen LogP contribution is -2.13. The van der Waals surface area contributed by atoms with Crippen molar-refractivity contribution in [3.05, 3.63) is 41.6 Å². The zero-order valence-electron chi connectivity index (χ0n) is 10.7. The Morgan fingerprint density at radius 1 is 1.37 bits per heavy atom. The standard InChI is InChI=1S/C12H15N3O3S/c1-8-3-4-10(7-14-8)15-19(16,17)12-5-11(6-13)18-9(12)2/h3-5,7,15H,6,13H2,1-2H3. The molecule has 0 aromatic carbocycles. The molecule has 3 N–H and O–H groups in total. The van der Waals surface area contributed by atoms with E-state index in [9.17, 15) is 8.42 Å². The number of aryl methyl sites for hydroxylation is 2. The Morgan fingerprint density at radius 2 is 2.11 bits per heavy atom. The number of anilines is 1. The van der Waals surface area contributed by atoms with Gasteiger partial charge in [0.2, 0.25) is 0 Å². The number of aromatic nitrogens is 1. The molecule has 0 spiro atoms. The van der Waals surface area contributed by atoms with E-state index in [4.69, 9.17) is 10.2 Å². The number of hydrogen-bond acceptors (Lipinski definition) is 5. The van der Waals surface area contributed by atoms with E-state index in [1.54, 1.807) is 19.1 Å². The highest BCUT2D eigenvalue weighted by Crippen LogP contribution is 2.22. The van der Waals surface area contributed by atoms with E-state index in [0.717, 1.165) is 5.69 Å². The van der Waals surface area contributed by atoms with Crippen LogP contribution in [0.3, 0.4) is 0 Å². The van der Waals surface area contributed by atoms with Crippen molar-refractivity contribution in [1.82, 2.24) is 4.98 Å². The van der Waals surface area contributed by atoms with Crippen molar-refractivity contribution >= 4 is 15.7 Å². The summed E-state index contributed by atoms with van der Waals surface area (Å²) in [5.41, 5.74) is 6.64. The van der Waals surface area contributed by atoms with Crippen LogP contribution in [0.1, 0.15) is 17.2 Å². The zero-order valence-corrected chi connectivity index (χ0v) is 11.5. The lowest BCUT2D eigenvalue weighted by atomic mass is 10.4. The third-order valence-electron chi connectivity index (χ3n) is 2.58. The van der Waals surface area contributed by atoms with Crippen LogP contribution in [0.5, 0.6) is 0 Å². The van der Waals surface area contributed by atoms with Gasteiger partial charge in [-0.2, -0.15) is 0 Å². The number of nitrogens with two attached hydrogens (primary N) is 1. The summed E-state index contributed by atoms with van der Waals surface area (Å²) in [6, 6.07) is 4.81. The maximum absolute atomic E-state index is 12.2. The lowest BCUT2D eigenvalue weighted by Gasteiger charge is -2.06. The molecule has 0 atom stereocenters. The maximum Gasteiger partial charge on any atom is 0.265 e. The Labute approximate surface area is 111 Å². The van der Waals surface area contributed by atoms with Crippen molar-refractivity contribution in [1.29, 1.82) is 0 Å². The molecular weight excluding hydrogens is 266 g/mol. The minimum atomic E-state index is -3.69. The molecule has 2 rings (SSSR count). The maximum atomic E-state index is 12.2. The molecule has 2 aromatic heterocycles. The molecule has 0 saturated heterocycles. The van der Waals surface area contributed by atoms with Crippen LogP contribution in [0.2, 0.25) is 0 Å². The molecule has 0 radical (unpaired) electrons. The summed E-state index contributed by atoms with van der Waals surface area (Å²) < 4.78 is 32.1. The van der Waals surface area contributed by atoms with E-state index < -0.39 is 10.0 Å². The predicted molar refractivity (Wildman–Crippen MR) is 71.1 cm³/mol. The molecule has 0 amide bonds. The van der Waals surface area contributed by atoms with Crippen molar-refractivity contribution in [3.63, 3.8) is 0 Å². The summed E-state index contributed by atoms with van der Waals surface area (Å²) >= 11 is 0. The van der Waals surface area contributed by atoms with Crippen molar-refractivity contribution in [3.8, 4) is 0 Å². The molecule has 0 bridgehead atoms. The van der Waals surface area contributed by atoms with Crippen molar-refractivity contribution < 1.29 is 12.8 Å². The van der Waals surface area contributed by atoms with Gasteiger partial charge < -0.3 is 10.2 Å². The van der Waals surface area contributed by atoms with Gasteiger partial charge in [-0.3, -0.25) is 9.71 Å². The fourth-order valence-corrected chi connectivity index (χ4v) is 2.88. The fraction of sp³-hybridized carbons (Fsp3) is 0.250. The van der Waals surface area contributed by atoms with Gasteiger partial charge in [-0.25, -0.2) is 8.42 Å². The minimum absolute atomic E-state index is 0.0912. The molecule has 0 unspecified atom stereocenters. The summed E-state index contributed by atoms with van der Waals surface area (Å²) in [4.78, 5) is 4.12. The molecule has 0 aliphatic rings. The molecule has 7 heteroatoms. The van der Waals surface area contributed by atoms with Gasteiger partial charge in [0, 0.05) is 11.8 Å². The number of rotatable bonds is 4. The van der Waals surface area contributed by atoms with Crippen molar-refractivity contribution in [2.45, 2.75) is 25.3 Å². The van der Waals surface area contributed by atoms with Gasteiger partial charge in [0.1, 0.15) is 16.4 Å². The number of furan rings is 1. The third kappa shape index (κ3) is 2.94. The predicted octanol–water partition coefficient (Wildman–Crippen LogP) is 1.55. The van der Waals surface area contributed by atoms with Crippen LogP contribution in [-0.4, -0.2) is 13.4 Å². The van der Waals surface area contributed by atoms with Gasteiger partial charge >= 0.3 is 0 Å². The smallest absolute Gasteiger partial charge is 0.265 e. The van der Waals surface area contributed by atoms with E-state index in [1.165, 1.54) is 12.3 Å². The molecule has 2 heterocycles. The van der Waals surface area contributed by atoms with Gasteiger partial charge in [-0.1, -0.05) is 0 Å². The number of pyridine rings is 1. The number of nitrogens with zero attached hydrogens (tertiary/aromatic N) is 1. The van der Waals surface area contributed by atoms with Crippen LogP contribution in [-0.2, 0) is 16.6 Å². The first-order valence-corrected chi connectivity index (χ1v) is 7.15. The number of nitrogens with one attached hydrogen (secondary N) is 1. The van der Waals surface area contributed by atoms with E-state index in [2.05, 4.69) is 9.71 Å². The second-order valence-corrected chi connectivity index (χ2v) is 5.78. The Bertz CT molecular complexity index is 675. The highest BCUT2D eigenvalue weighted by Gasteiger charge is 2.21. The van der Waals surface area contributed by atoms with Crippen molar-refractivity contribution in [2.75, 3.05) is 4.72 Å². The Morgan fingerprint density at radius 3 is 2.63 bits per heavy atom. The van der Waals surface area contributed by atoms with Gasteiger partial charge in [0.05, 0.1) is 18.4 Å². The van der Waals surface area contributed by atoms with E-state index >= 15 is 0 Å². The second kappa shape index (κ2) is 5.02. The first-order chi connectivity index (χ1) is 8.92. The van der Waals surface area contributed by atoms with Crippen LogP contribution in [0.15, 0.2) is 33.7 Å². The highest BCUT2D eigenvalue weighted by molar-refractivity contribution is 7.92. The zero-order chi connectivity index (χ0) is 14.0. The molecular formula is C12H15N3O3S. The molecule has 102 valence electrons. The summed E-state index contributed by atoms with van der Waals surface area (Å²) in [5, 5.41) is 0. The molecule has 6 nitrogen and oxygen atoms in total. The third-order valence-corrected chi connectivity index (χ3v) is 4.07. The monoisotopic (exact) mass is 281 g/mol. The largest absolute Gasteiger partial charge is 0.464 e. The Hall–Kier alpha value is -1.86. The van der Waals surface area contributed by atoms with Crippen LogP contribution in [0, 0.1) is 13.8 Å². The number of hydrogen-bond donors (Lipinski definition) is 2. The summed E-state index contributed by atoms with van der Waals surface area (Å²) in [6.45, 7) is 3.57. The quantitative estimate of drug-likeness (QED) is 0.886. The molecule has 0 aliphatic heterocycles. The molecule has 0 aliphatic carbocycles. The average Bonchev–Trinajstić information content (AvgIpc) is 2.74. The van der Waals surface area contributed by atoms with E-state index in [1.807, 2.05) is 6.92 Å². The Balaban J connectivity index is 2.31. The first-order valence-electron chi connectivity index (χ1n) is 5.67. The Kier molecular flexibility index (Phi) is 3.59. The topological polar surface area (TPSA) is 98.2 Å². The van der Waals surface area contributed by atoms with Gasteiger partial charge in [-0.05, 0) is 26.0 Å². The average molecular weight is 281 g/mol. The molecule has 19 heavy (non-hydrogen) atoms. The first kappa shape index (κ1) is 13.6. The van der Waals surface area contributed by atoms with Crippen molar-refractivity contribution in [2.24, 2.45) is 5.73 Å². The minimum Gasteiger partial charge on any atom is -0.464 e.